The molecule has 3 aromatic heterocycles. The molecule has 0 spiro atoms. The second kappa shape index (κ2) is 11.2. The summed E-state index contributed by atoms with van der Waals surface area (Å²) in [6.45, 7) is 0.488. The van der Waals surface area contributed by atoms with E-state index in [1.807, 2.05) is 0 Å². The third-order valence-electron chi connectivity index (χ3n) is 3.71. The first-order chi connectivity index (χ1) is 15.2. The van der Waals surface area contributed by atoms with Gasteiger partial charge >= 0.3 is 11.9 Å². The van der Waals surface area contributed by atoms with Gasteiger partial charge in [-0.3, -0.25) is 4.98 Å². The molecule has 0 aliphatic heterocycles. The fourth-order valence-corrected chi connectivity index (χ4v) is 5.37. The van der Waals surface area contributed by atoms with Crippen LogP contribution in [0, 0.1) is 5.95 Å². The minimum absolute atomic E-state index is 0.0673. The predicted molar refractivity (Wildman–Crippen MR) is 114 cm³/mol. The molecule has 0 bridgehead atoms. The maximum atomic E-state index is 14.1. The summed E-state index contributed by atoms with van der Waals surface area (Å²) in [4.78, 5) is 27.9. The molecule has 3 heterocycles. The van der Waals surface area contributed by atoms with Gasteiger partial charge in [0.15, 0.2) is 0 Å². The first kappa shape index (κ1) is 24.8. The van der Waals surface area contributed by atoms with Crippen molar-refractivity contribution in [1.29, 1.82) is 0 Å². The third kappa shape index (κ3) is 6.51. The van der Waals surface area contributed by atoms with Crippen LogP contribution in [0.4, 0.5) is 4.39 Å². The minimum Gasteiger partial charge on any atom is -0.478 e. The summed E-state index contributed by atoms with van der Waals surface area (Å²) in [6, 6.07) is 7.71. The van der Waals surface area contributed by atoms with E-state index in [2.05, 4.69) is 15.3 Å². The highest BCUT2D eigenvalue weighted by molar-refractivity contribution is 7.91. The van der Waals surface area contributed by atoms with Gasteiger partial charge in [0.25, 0.3) is 0 Å². The zero-order valence-electron chi connectivity index (χ0n) is 16.6. The summed E-state index contributed by atoms with van der Waals surface area (Å²) in [5, 5.41) is 18.6. The van der Waals surface area contributed by atoms with E-state index in [9.17, 15) is 22.4 Å². The number of aromatic nitrogens is 2. The van der Waals surface area contributed by atoms with Gasteiger partial charge in [0.1, 0.15) is 0 Å². The topological polar surface area (TPSA) is 147 Å². The first-order valence-corrected chi connectivity index (χ1v) is 11.1. The van der Waals surface area contributed by atoms with Crippen molar-refractivity contribution < 1.29 is 32.6 Å². The Morgan fingerprint density at radius 3 is 2.34 bits per heavy atom. The number of carboxylic acids is 2. The fraction of sp³-hybridized carbons (Fsp3) is 0.100. The molecule has 3 aromatic rings. The maximum absolute atomic E-state index is 14.1. The molecule has 0 amide bonds. The van der Waals surface area contributed by atoms with Crippen LogP contribution < -0.4 is 5.32 Å². The number of halogens is 1. The molecule has 12 heteroatoms. The van der Waals surface area contributed by atoms with Crippen molar-refractivity contribution in [1.82, 2.24) is 15.3 Å². The molecule has 32 heavy (non-hydrogen) atoms. The average molecular weight is 480 g/mol. The van der Waals surface area contributed by atoms with Crippen LogP contribution in [0.15, 0.2) is 70.9 Å². The lowest BCUT2D eigenvalue weighted by Gasteiger charge is -2.06. The lowest BCUT2D eigenvalue weighted by Crippen LogP contribution is -2.04. The van der Waals surface area contributed by atoms with Gasteiger partial charge < -0.3 is 15.5 Å². The molecular formula is C20H18FN3O6S2. The average Bonchev–Trinajstić information content (AvgIpc) is 3.18. The highest BCUT2D eigenvalue weighted by atomic mass is 32.2. The Balaban J connectivity index is 0.000000390. The van der Waals surface area contributed by atoms with Crippen molar-refractivity contribution in [2.75, 3.05) is 7.05 Å². The number of sulfone groups is 1. The molecule has 0 radical (unpaired) electrons. The number of hydrogen-bond acceptors (Lipinski definition) is 8. The molecule has 0 saturated carbocycles. The van der Waals surface area contributed by atoms with Crippen molar-refractivity contribution in [2.24, 2.45) is 0 Å². The summed E-state index contributed by atoms with van der Waals surface area (Å²) in [5.74, 6) is -3.21. The number of pyridine rings is 2. The third-order valence-corrected chi connectivity index (χ3v) is 6.77. The standard InChI is InChI=1S/C16H14FN3O2S2.C4H4O4/c1-18-9-11-8-14(24(21,22)12-4-2-6-19-10-12)15(23-11)13-5-3-7-20-16(13)17;5-3(6)1-2-4(7)8/h2-8,10,18H,9H2,1H3;1-2H,(H,5,6)(H,7,8)/b;2-1+. The Labute approximate surface area is 186 Å². The van der Waals surface area contributed by atoms with Gasteiger partial charge in [-0.2, -0.15) is 4.39 Å². The number of nitrogens with one attached hydrogen (secondary N) is 1. The van der Waals surface area contributed by atoms with Crippen LogP contribution in [0.1, 0.15) is 4.88 Å². The number of carboxylic acid groups (broad SMARTS) is 2. The summed E-state index contributed by atoms with van der Waals surface area (Å²) >= 11 is 1.23. The predicted octanol–water partition coefficient (Wildman–Crippen LogP) is 2.61. The van der Waals surface area contributed by atoms with Gasteiger partial charge in [0, 0.05) is 47.7 Å². The van der Waals surface area contributed by atoms with Gasteiger partial charge in [0.05, 0.1) is 14.7 Å². The molecule has 0 unspecified atom stereocenters. The van der Waals surface area contributed by atoms with E-state index in [4.69, 9.17) is 10.2 Å². The molecule has 0 atom stereocenters. The zero-order chi connectivity index (χ0) is 23.7. The van der Waals surface area contributed by atoms with Crippen LogP contribution >= 0.6 is 11.3 Å². The second-order valence-electron chi connectivity index (χ2n) is 5.98. The van der Waals surface area contributed by atoms with E-state index >= 15 is 0 Å². The van der Waals surface area contributed by atoms with E-state index in [1.54, 1.807) is 25.2 Å². The summed E-state index contributed by atoms with van der Waals surface area (Å²) in [5.41, 5.74) is 0.173. The Morgan fingerprint density at radius 2 is 1.81 bits per heavy atom. The molecule has 3 N–H and O–H groups in total. The normalized spacial score (nSPS) is 11.1. The quantitative estimate of drug-likeness (QED) is 0.344. The van der Waals surface area contributed by atoms with Crippen molar-refractivity contribution in [3.05, 3.63) is 71.9 Å². The second-order valence-corrected chi connectivity index (χ2v) is 9.04. The Morgan fingerprint density at radius 1 is 1.16 bits per heavy atom. The first-order valence-electron chi connectivity index (χ1n) is 8.84. The van der Waals surface area contributed by atoms with Crippen LogP contribution in [0.2, 0.25) is 0 Å². The summed E-state index contributed by atoms with van der Waals surface area (Å²) in [7, 11) is -2.04. The monoisotopic (exact) mass is 479 g/mol. The molecule has 3 rings (SSSR count). The Bertz CT molecular complexity index is 1210. The lowest BCUT2D eigenvalue weighted by molar-refractivity contribution is -0.134. The number of thiophene rings is 1. The van der Waals surface area contributed by atoms with Crippen molar-refractivity contribution >= 4 is 33.1 Å². The Kier molecular flexibility index (Phi) is 8.70. The SMILES string of the molecule is CNCc1cc(S(=O)(=O)c2cccnc2)c(-c2cccnc2F)s1.O=C(O)/C=C/C(=O)O. The molecule has 9 nitrogen and oxygen atoms in total. The highest BCUT2D eigenvalue weighted by Gasteiger charge is 2.26. The van der Waals surface area contributed by atoms with Crippen molar-refractivity contribution in [2.45, 2.75) is 16.3 Å². The van der Waals surface area contributed by atoms with Gasteiger partial charge in [-0.1, -0.05) is 0 Å². The van der Waals surface area contributed by atoms with E-state index < -0.39 is 27.7 Å². The zero-order valence-corrected chi connectivity index (χ0v) is 18.2. The van der Waals surface area contributed by atoms with Crippen LogP contribution in [0.5, 0.6) is 0 Å². The van der Waals surface area contributed by atoms with E-state index in [-0.39, 0.29) is 15.4 Å². The van der Waals surface area contributed by atoms with E-state index in [0.29, 0.717) is 23.6 Å². The highest BCUT2D eigenvalue weighted by Crippen LogP contribution is 2.39. The minimum atomic E-state index is -3.81. The van der Waals surface area contributed by atoms with Crippen molar-refractivity contribution in [3.8, 4) is 10.4 Å². The summed E-state index contributed by atoms with van der Waals surface area (Å²) < 4.78 is 40.0. The van der Waals surface area contributed by atoms with Crippen molar-refractivity contribution in [3.63, 3.8) is 0 Å². The molecule has 0 saturated heterocycles. The molecule has 0 aliphatic carbocycles. The molecule has 0 aliphatic rings. The largest absolute Gasteiger partial charge is 0.478 e. The number of aliphatic carboxylic acids is 2. The molecule has 168 valence electrons. The number of nitrogens with zero attached hydrogens (tertiary/aromatic N) is 2. The van der Waals surface area contributed by atoms with Crippen LogP contribution in [0.25, 0.3) is 10.4 Å². The van der Waals surface area contributed by atoms with Gasteiger partial charge in [0.2, 0.25) is 15.8 Å². The maximum Gasteiger partial charge on any atom is 0.328 e. The lowest BCUT2D eigenvalue weighted by atomic mass is 10.2. The van der Waals surface area contributed by atoms with Gasteiger partial charge in [-0.05, 0) is 37.4 Å². The fourth-order valence-electron chi connectivity index (χ4n) is 2.40. The van der Waals surface area contributed by atoms with Crippen LogP contribution in [-0.4, -0.2) is 47.6 Å². The smallest absolute Gasteiger partial charge is 0.328 e. The number of carbonyl (C=O) groups is 2. The van der Waals surface area contributed by atoms with Crippen LogP contribution in [0.3, 0.4) is 0 Å². The van der Waals surface area contributed by atoms with E-state index in [0.717, 1.165) is 4.88 Å². The molecule has 0 fully saturated rings. The molecular weight excluding hydrogens is 461 g/mol. The van der Waals surface area contributed by atoms with Gasteiger partial charge in [-0.15, -0.1) is 11.3 Å². The number of rotatable bonds is 7. The van der Waals surface area contributed by atoms with E-state index in [1.165, 1.54) is 42.1 Å². The molecule has 0 aromatic carbocycles. The summed E-state index contributed by atoms with van der Waals surface area (Å²) in [6.07, 6.45) is 5.23. The van der Waals surface area contributed by atoms with Crippen LogP contribution in [-0.2, 0) is 26.0 Å². The van der Waals surface area contributed by atoms with Gasteiger partial charge in [-0.25, -0.2) is 23.0 Å². The Hall–Kier alpha value is -3.48. The number of hydrogen-bond donors (Lipinski definition) is 3.